The normalized spacial score (nSPS) is 18.4. The fraction of sp³-hybridized carbons (Fsp3) is 0.393. The highest BCUT2D eigenvalue weighted by atomic mass is 32.2. The van der Waals surface area contributed by atoms with Gasteiger partial charge >= 0.3 is 0 Å². The summed E-state index contributed by atoms with van der Waals surface area (Å²) < 4.78 is 13.2. The van der Waals surface area contributed by atoms with Gasteiger partial charge in [-0.2, -0.15) is 4.98 Å². The zero-order valence-electron chi connectivity index (χ0n) is 21.4. The predicted octanol–water partition coefficient (Wildman–Crippen LogP) is 5.94. The Bertz CT molecular complexity index is 1340. The standard InChI is InChI=1S/C28H32N4O3S/c1-6-35-22-12-11-18(13-23(22)34-5)25-24-20(14-28(3,4)15-21(24)33)29-26-30-27(31-32(25)26)36-16-19-10-8-7-9-17(19)2/h7-13,25H,6,14-16H2,1-5H3,(H,29,30,31)/t25-/m1/s1. The number of methoxy groups -OCH3 is 1. The Hall–Kier alpha value is -3.26. The number of nitrogens with zero attached hydrogens (tertiary/aromatic N) is 3. The van der Waals surface area contributed by atoms with Gasteiger partial charge in [0, 0.05) is 23.4 Å². The molecule has 0 fully saturated rings. The van der Waals surface area contributed by atoms with Crippen LogP contribution in [0.25, 0.3) is 0 Å². The van der Waals surface area contributed by atoms with E-state index >= 15 is 0 Å². The van der Waals surface area contributed by atoms with E-state index in [1.807, 2.05) is 35.9 Å². The minimum atomic E-state index is -0.385. The van der Waals surface area contributed by atoms with Crippen molar-refractivity contribution in [2.45, 2.75) is 57.5 Å². The zero-order valence-corrected chi connectivity index (χ0v) is 22.2. The average Bonchev–Trinajstić information content (AvgIpc) is 3.24. The van der Waals surface area contributed by atoms with Crippen LogP contribution >= 0.6 is 11.8 Å². The fourth-order valence-corrected chi connectivity index (χ4v) is 5.91. The van der Waals surface area contributed by atoms with Crippen LogP contribution in [0.2, 0.25) is 0 Å². The molecular formula is C28H32N4O3S. The highest BCUT2D eigenvalue weighted by molar-refractivity contribution is 7.98. The van der Waals surface area contributed by atoms with E-state index in [1.54, 1.807) is 18.9 Å². The number of nitrogens with one attached hydrogen (secondary N) is 1. The Morgan fingerprint density at radius 2 is 1.97 bits per heavy atom. The monoisotopic (exact) mass is 504 g/mol. The van der Waals surface area contributed by atoms with Gasteiger partial charge in [0.05, 0.1) is 13.7 Å². The summed E-state index contributed by atoms with van der Waals surface area (Å²) in [4.78, 5) is 18.3. The molecule has 2 aliphatic rings. The summed E-state index contributed by atoms with van der Waals surface area (Å²) in [7, 11) is 1.63. The fourth-order valence-electron chi connectivity index (χ4n) is 5.00. The molecule has 0 radical (unpaired) electrons. The van der Waals surface area contributed by atoms with E-state index in [2.05, 4.69) is 44.3 Å². The lowest BCUT2D eigenvalue weighted by atomic mass is 9.73. The third-order valence-electron chi connectivity index (χ3n) is 6.73. The molecule has 0 saturated heterocycles. The van der Waals surface area contributed by atoms with Crippen molar-refractivity contribution in [3.8, 4) is 11.5 Å². The van der Waals surface area contributed by atoms with Gasteiger partial charge in [0.2, 0.25) is 11.1 Å². The molecule has 1 aliphatic heterocycles. The lowest BCUT2D eigenvalue weighted by Gasteiger charge is -2.38. The van der Waals surface area contributed by atoms with Crippen LogP contribution in [0.5, 0.6) is 11.5 Å². The van der Waals surface area contributed by atoms with Gasteiger partial charge in [0.15, 0.2) is 17.3 Å². The number of carbonyl (C=O) groups excluding carboxylic acids is 1. The summed E-state index contributed by atoms with van der Waals surface area (Å²) in [5.74, 6) is 2.88. The van der Waals surface area contributed by atoms with E-state index in [1.165, 1.54) is 11.1 Å². The third kappa shape index (κ3) is 4.62. The molecule has 1 aromatic heterocycles. The number of hydrogen-bond acceptors (Lipinski definition) is 7. The summed E-state index contributed by atoms with van der Waals surface area (Å²) in [6, 6.07) is 13.8. The van der Waals surface area contributed by atoms with Gasteiger partial charge in [-0.1, -0.05) is 55.9 Å². The summed E-state index contributed by atoms with van der Waals surface area (Å²) in [6.45, 7) is 8.87. The number of ether oxygens (including phenoxy) is 2. The molecule has 1 atom stereocenters. The first-order valence-electron chi connectivity index (χ1n) is 12.3. The minimum Gasteiger partial charge on any atom is -0.493 e. The van der Waals surface area contributed by atoms with Crippen molar-refractivity contribution in [2.24, 2.45) is 5.41 Å². The van der Waals surface area contributed by atoms with Crippen molar-refractivity contribution >= 4 is 23.5 Å². The molecule has 0 saturated carbocycles. The number of fused-ring (bicyclic) bond motifs is 1. The number of ketones is 1. The topological polar surface area (TPSA) is 78.3 Å². The number of anilines is 1. The smallest absolute Gasteiger partial charge is 0.227 e. The second kappa shape index (κ2) is 9.65. The van der Waals surface area contributed by atoms with Crippen LogP contribution in [0.1, 0.15) is 56.3 Å². The SMILES string of the molecule is CCOc1ccc([C@@H]2C3=C(CC(C)(C)CC3=O)Nc3nc(SCc4ccccc4C)nn32)cc1OC. The molecule has 0 unspecified atom stereocenters. The number of allylic oxidation sites excluding steroid dienone is 2. The van der Waals surface area contributed by atoms with Crippen LogP contribution in [0, 0.1) is 12.3 Å². The van der Waals surface area contributed by atoms with E-state index in [0.717, 1.165) is 29.0 Å². The van der Waals surface area contributed by atoms with Crippen molar-refractivity contribution in [2.75, 3.05) is 19.0 Å². The van der Waals surface area contributed by atoms with Crippen LogP contribution in [-0.4, -0.2) is 34.3 Å². The first kappa shape index (κ1) is 24.4. The average molecular weight is 505 g/mol. The maximum Gasteiger partial charge on any atom is 0.227 e. The van der Waals surface area contributed by atoms with Gasteiger partial charge in [-0.15, -0.1) is 5.10 Å². The molecule has 2 aromatic carbocycles. The van der Waals surface area contributed by atoms with Crippen molar-refractivity contribution < 1.29 is 14.3 Å². The Kier molecular flexibility index (Phi) is 6.55. The van der Waals surface area contributed by atoms with Crippen LogP contribution in [0.15, 0.2) is 58.9 Å². The van der Waals surface area contributed by atoms with Crippen LogP contribution in [0.4, 0.5) is 5.95 Å². The molecule has 1 aliphatic carbocycles. The number of thioether (sulfide) groups is 1. The van der Waals surface area contributed by atoms with Gasteiger partial charge in [0.25, 0.3) is 0 Å². The number of aromatic nitrogens is 3. The van der Waals surface area contributed by atoms with E-state index < -0.39 is 0 Å². The Morgan fingerprint density at radius 3 is 2.72 bits per heavy atom. The molecule has 188 valence electrons. The first-order chi connectivity index (χ1) is 17.3. The van der Waals surface area contributed by atoms with Gasteiger partial charge in [-0.25, -0.2) is 4.68 Å². The maximum atomic E-state index is 13.5. The quantitative estimate of drug-likeness (QED) is 0.399. The minimum absolute atomic E-state index is 0.116. The second-order valence-corrected chi connectivity index (χ2v) is 11.0. The molecule has 0 spiro atoms. The lowest BCUT2D eigenvalue weighted by molar-refractivity contribution is -0.118. The number of rotatable bonds is 7. The first-order valence-corrected chi connectivity index (χ1v) is 13.3. The number of carbonyl (C=O) groups is 1. The molecule has 3 aromatic rings. The largest absolute Gasteiger partial charge is 0.493 e. The van der Waals surface area contributed by atoms with Crippen molar-refractivity contribution in [1.82, 2.24) is 14.8 Å². The molecule has 1 N–H and O–H groups in total. The number of Topliss-reactive ketones (excluding diaryl/α,β-unsaturated/α-hetero) is 1. The second-order valence-electron chi connectivity index (χ2n) is 10.1. The molecule has 0 amide bonds. The van der Waals surface area contributed by atoms with Gasteiger partial charge in [-0.3, -0.25) is 4.79 Å². The molecule has 5 rings (SSSR count). The van der Waals surface area contributed by atoms with E-state index in [0.29, 0.717) is 35.6 Å². The number of aryl methyl sites for hydroxylation is 1. The van der Waals surface area contributed by atoms with Gasteiger partial charge in [-0.05, 0) is 54.5 Å². The van der Waals surface area contributed by atoms with Crippen molar-refractivity contribution in [3.05, 3.63) is 70.4 Å². The Morgan fingerprint density at radius 1 is 1.17 bits per heavy atom. The lowest BCUT2D eigenvalue weighted by Crippen LogP contribution is -2.36. The summed E-state index contributed by atoms with van der Waals surface area (Å²) in [6.07, 6.45) is 1.27. The van der Waals surface area contributed by atoms with E-state index in [9.17, 15) is 4.79 Å². The van der Waals surface area contributed by atoms with Crippen molar-refractivity contribution in [3.63, 3.8) is 0 Å². The number of benzene rings is 2. The third-order valence-corrected chi connectivity index (χ3v) is 7.62. The van der Waals surface area contributed by atoms with Gasteiger partial charge in [0.1, 0.15) is 6.04 Å². The van der Waals surface area contributed by atoms with Crippen molar-refractivity contribution in [1.29, 1.82) is 0 Å². The summed E-state index contributed by atoms with van der Waals surface area (Å²) in [5.41, 5.74) is 4.99. The Labute approximate surface area is 216 Å². The van der Waals surface area contributed by atoms with Gasteiger partial charge < -0.3 is 14.8 Å². The molecule has 0 bridgehead atoms. The molecule has 7 nitrogen and oxygen atoms in total. The number of hydrogen-bond donors (Lipinski definition) is 1. The molecule has 8 heteroatoms. The molecule has 2 heterocycles. The zero-order chi connectivity index (χ0) is 25.4. The highest BCUT2D eigenvalue weighted by Crippen LogP contribution is 2.46. The highest BCUT2D eigenvalue weighted by Gasteiger charge is 2.42. The summed E-state index contributed by atoms with van der Waals surface area (Å²) in [5, 5.41) is 9.01. The molecular weight excluding hydrogens is 472 g/mol. The molecule has 36 heavy (non-hydrogen) atoms. The van der Waals surface area contributed by atoms with Crippen LogP contribution in [0.3, 0.4) is 0 Å². The maximum absolute atomic E-state index is 13.5. The predicted molar refractivity (Wildman–Crippen MR) is 142 cm³/mol. The van der Waals surface area contributed by atoms with E-state index in [-0.39, 0.29) is 17.2 Å². The van der Waals surface area contributed by atoms with Crippen LogP contribution < -0.4 is 14.8 Å². The van der Waals surface area contributed by atoms with Crippen LogP contribution in [-0.2, 0) is 10.5 Å². The summed E-state index contributed by atoms with van der Waals surface area (Å²) >= 11 is 1.60. The van der Waals surface area contributed by atoms with E-state index in [4.69, 9.17) is 19.6 Å². The Balaban J connectivity index is 1.56.